The maximum atomic E-state index is 12.6. The number of aryl methyl sites for hydroxylation is 2. The van der Waals surface area contributed by atoms with Crippen molar-refractivity contribution in [3.05, 3.63) is 52.8 Å². The first-order valence-electron chi connectivity index (χ1n) is 7.95. The Hall–Kier alpha value is -2.74. The molecule has 2 aromatic rings. The zero-order chi connectivity index (χ0) is 17.7. The van der Waals surface area contributed by atoms with Crippen molar-refractivity contribution >= 4 is 6.03 Å². The zero-order valence-electron chi connectivity index (χ0n) is 14.7. The lowest BCUT2D eigenvalue weighted by Gasteiger charge is -2.23. The lowest BCUT2D eigenvalue weighted by Crippen LogP contribution is -2.41. The van der Waals surface area contributed by atoms with Gasteiger partial charge in [0, 0.05) is 24.8 Å². The number of rotatable bonds is 5. The van der Waals surface area contributed by atoms with Crippen LogP contribution in [-0.2, 0) is 13.6 Å². The van der Waals surface area contributed by atoms with E-state index in [4.69, 9.17) is 6.42 Å². The van der Waals surface area contributed by atoms with Gasteiger partial charge >= 0.3 is 6.03 Å². The molecule has 0 radical (unpaired) electrons. The van der Waals surface area contributed by atoms with Gasteiger partial charge in [0.15, 0.2) is 0 Å². The second-order valence-electron chi connectivity index (χ2n) is 6.03. The van der Waals surface area contributed by atoms with Crippen molar-refractivity contribution in [3.63, 3.8) is 0 Å². The van der Waals surface area contributed by atoms with Crippen LogP contribution in [0.2, 0.25) is 0 Å². The number of nitrogens with zero attached hydrogens (tertiary/aromatic N) is 3. The summed E-state index contributed by atoms with van der Waals surface area (Å²) in [6, 6.07) is 7.78. The van der Waals surface area contributed by atoms with Crippen molar-refractivity contribution in [2.24, 2.45) is 7.05 Å². The van der Waals surface area contributed by atoms with E-state index in [-0.39, 0.29) is 18.6 Å². The summed E-state index contributed by atoms with van der Waals surface area (Å²) in [6.45, 7) is 6.71. The molecule has 1 heterocycles. The van der Waals surface area contributed by atoms with E-state index in [1.54, 1.807) is 15.8 Å². The van der Waals surface area contributed by atoms with Gasteiger partial charge in [0.1, 0.15) is 0 Å². The highest BCUT2D eigenvalue weighted by atomic mass is 16.2. The molecule has 1 atom stereocenters. The minimum absolute atomic E-state index is 0.135. The van der Waals surface area contributed by atoms with Gasteiger partial charge in [-0.25, -0.2) is 4.79 Å². The molecule has 5 heteroatoms. The first kappa shape index (κ1) is 17.6. The van der Waals surface area contributed by atoms with E-state index in [2.05, 4.69) is 16.3 Å². The van der Waals surface area contributed by atoms with E-state index in [0.29, 0.717) is 6.54 Å². The Kier molecular flexibility index (Phi) is 5.64. The van der Waals surface area contributed by atoms with Crippen LogP contribution in [0.5, 0.6) is 0 Å². The van der Waals surface area contributed by atoms with E-state index in [1.165, 1.54) is 5.56 Å². The molecule has 5 nitrogen and oxygen atoms in total. The van der Waals surface area contributed by atoms with E-state index in [1.807, 2.05) is 52.1 Å². The number of nitrogens with one attached hydrogen (secondary N) is 1. The highest BCUT2D eigenvalue weighted by molar-refractivity contribution is 5.75. The molecule has 0 aliphatic carbocycles. The molecular weight excluding hydrogens is 300 g/mol. The summed E-state index contributed by atoms with van der Waals surface area (Å²) in [6.07, 6.45) is 7.21. The Balaban J connectivity index is 2.07. The Morgan fingerprint density at radius 2 is 2.04 bits per heavy atom. The summed E-state index contributed by atoms with van der Waals surface area (Å²) in [5, 5.41) is 7.23. The molecule has 0 spiro atoms. The maximum Gasteiger partial charge on any atom is 0.318 e. The molecule has 0 saturated carbocycles. The molecule has 1 N–H and O–H groups in total. The van der Waals surface area contributed by atoms with Crippen LogP contribution in [0.15, 0.2) is 30.5 Å². The number of carbonyl (C=O) groups excluding carboxylic acids is 1. The summed E-state index contributed by atoms with van der Waals surface area (Å²) in [7, 11) is 1.88. The smallest absolute Gasteiger partial charge is 0.318 e. The first-order valence-corrected chi connectivity index (χ1v) is 7.95. The number of hydrogen-bond donors (Lipinski definition) is 1. The topological polar surface area (TPSA) is 50.2 Å². The van der Waals surface area contributed by atoms with Crippen LogP contribution >= 0.6 is 0 Å². The summed E-state index contributed by atoms with van der Waals surface area (Å²) in [5.41, 5.74) is 4.27. The van der Waals surface area contributed by atoms with Crippen molar-refractivity contribution in [2.45, 2.75) is 33.4 Å². The van der Waals surface area contributed by atoms with Gasteiger partial charge in [-0.15, -0.1) is 6.42 Å². The van der Waals surface area contributed by atoms with Crippen molar-refractivity contribution in [3.8, 4) is 12.3 Å². The summed E-state index contributed by atoms with van der Waals surface area (Å²) in [5.74, 6) is 2.56. The largest absolute Gasteiger partial charge is 0.331 e. The quantitative estimate of drug-likeness (QED) is 0.860. The number of amides is 2. The number of terminal acetylenes is 1. The van der Waals surface area contributed by atoms with Gasteiger partial charge < -0.3 is 10.2 Å². The van der Waals surface area contributed by atoms with Crippen LogP contribution in [0, 0.1) is 26.2 Å². The van der Waals surface area contributed by atoms with E-state index >= 15 is 0 Å². The highest BCUT2D eigenvalue weighted by Crippen LogP contribution is 2.16. The van der Waals surface area contributed by atoms with E-state index < -0.39 is 0 Å². The van der Waals surface area contributed by atoms with Gasteiger partial charge in [0.25, 0.3) is 0 Å². The molecule has 2 amide bonds. The maximum absolute atomic E-state index is 12.6. The average Bonchev–Trinajstić information content (AvgIpc) is 2.88. The van der Waals surface area contributed by atoms with Crippen LogP contribution in [-0.4, -0.2) is 27.3 Å². The summed E-state index contributed by atoms with van der Waals surface area (Å²) < 4.78 is 1.80. The molecule has 126 valence electrons. The fraction of sp³-hybridized carbons (Fsp3) is 0.368. The fourth-order valence-electron chi connectivity index (χ4n) is 2.52. The second-order valence-corrected chi connectivity index (χ2v) is 6.03. The van der Waals surface area contributed by atoms with Gasteiger partial charge in [-0.2, -0.15) is 5.10 Å². The monoisotopic (exact) mass is 324 g/mol. The van der Waals surface area contributed by atoms with Gasteiger partial charge in [-0.1, -0.05) is 35.7 Å². The lowest BCUT2D eigenvalue weighted by molar-refractivity contribution is 0.198. The van der Waals surface area contributed by atoms with E-state index in [0.717, 1.165) is 16.8 Å². The van der Waals surface area contributed by atoms with Crippen molar-refractivity contribution in [2.75, 3.05) is 6.54 Å². The third-order valence-corrected chi connectivity index (χ3v) is 4.14. The third kappa shape index (κ3) is 4.17. The van der Waals surface area contributed by atoms with Crippen molar-refractivity contribution < 1.29 is 4.79 Å². The van der Waals surface area contributed by atoms with Crippen molar-refractivity contribution in [1.29, 1.82) is 0 Å². The Bertz CT molecular complexity index is 740. The fourth-order valence-corrected chi connectivity index (χ4v) is 2.52. The molecule has 0 fully saturated rings. The molecule has 24 heavy (non-hydrogen) atoms. The molecule has 0 aliphatic heterocycles. The number of benzene rings is 1. The average molecular weight is 324 g/mol. The van der Waals surface area contributed by atoms with Crippen LogP contribution in [0.1, 0.15) is 35.3 Å². The second kappa shape index (κ2) is 7.69. The summed E-state index contributed by atoms with van der Waals surface area (Å²) >= 11 is 0. The number of urea groups is 1. The first-order chi connectivity index (χ1) is 11.4. The van der Waals surface area contributed by atoms with Crippen LogP contribution in [0.25, 0.3) is 0 Å². The Morgan fingerprint density at radius 1 is 1.38 bits per heavy atom. The standard InChI is InChI=1S/C19H24N4O/c1-6-11-23(13-17-9-7-14(2)8-10-17)19(24)21-15(3)18-12-20-22(5)16(18)4/h1,7-10,12,15H,11,13H2,2-5H3,(H,21,24)/t15-/m0/s1. The van der Waals surface area contributed by atoms with Gasteiger partial charge in [0.2, 0.25) is 0 Å². The van der Waals surface area contributed by atoms with Gasteiger partial charge in [0.05, 0.1) is 18.8 Å². The minimum atomic E-state index is -0.177. The number of aromatic nitrogens is 2. The van der Waals surface area contributed by atoms with E-state index in [9.17, 15) is 4.79 Å². The Labute approximate surface area is 143 Å². The number of carbonyl (C=O) groups is 1. The third-order valence-electron chi connectivity index (χ3n) is 4.14. The predicted octanol–water partition coefficient (Wildman–Crippen LogP) is 2.94. The molecule has 0 bridgehead atoms. The van der Waals surface area contributed by atoms with Crippen LogP contribution in [0.4, 0.5) is 4.79 Å². The van der Waals surface area contributed by atoms with Crippen molar-refractivity contribution in [1.82, 2.24) is 20.0 Å². The highest BCUT2D eigenvalue weighted by Gasteiger charge is 2.18. The summed E-state index contributed by atoms with van der Waals surface area (Å²) in [4.78, 5) is 14.2. The molecular formula is C19H24N4O. The SMILES string of the molecule is C#CCN(Cc1ccc(C)cc1)C(=O)N[C@@H](C)c1cnn(C)c1C. The van der Waals surface area contributed by atoms with Crippen LogP contribution in [0.3, 0.4) is 0 Å². The molecule has 2 rings (SSSR count). The van der Waals surface area contributed by atoms with Gasteiger partial charge in [-0.05, 0) is 26.3 Å². The molecule has 0 saturated heterocycles. The van der Waals surface area contributed by atoms with Gasteiger partial charge in [-0.3, -0.25) is 4.68 Å². The molecule has 1 aromatic carbocycles. The Morgan fingerprint density at radius 3 is 2.58 bits per heavy atom. The normalized spacial score (nSPS) is 11.6. The molecule has 1 aromatic heterocycles. The minimum Gasteiger partial charge on any atom is -0.331 e. The predicted molar refractivity (Wildman–Crippen MR) is 95.3 cm³/mol. The number of hydrogen-bond acceptors (Lipinski definition) is 2. The zero-order valence-corrected chi connectivity index (χ0v) is 14.7. The van der Waals surface area contributed by atoms with Crippen LogP contribution < -0.4 is 5.32 Å². The lowest BCUT2D eigenvalue weighted by atomic mass is 10.1. The molecule has 0 aliphatic rings. The molecule has 0 unspecified atom stereocenters.